The van der Waals surface area contributed by atoms with Crippen molar-refractivity contribution in [1.82, 2.24) is 4.72 Å². The average Bonchev–Trinajstić information content (AvgIpc) is 2.73. The van der Waals surface area contributed by atoms with Crippen molar-refractivity contribution < 1.29 is 0 Å². The molecule has 1 atom stereocenters. The smallest absolute Gasteiger partial charge is 0.0686 e. The van der Waals surface area contributed by atoms with Gasteiger partial charge < -0.3 is 0 Å². The molecule has 0 aliphatic carbocycles. The van der Waals surface area contributed by atoms with Gasteiger partial charge in [0.05, 0.1) is 6.04 Å². The summed E-state index contributed by atoms with van der Waals surface area (Å²) in [6.07, 6.45) is 0. The maximum absolute atomic E-state index is 6.04. The fraction of sp³-hybridized carbons (Fsp3) is 0.0769. The topological polar surface area (TPSA) is 12.0 Å². The number of rotatable bonds is 1. The highest BCUT2D eigenvalue weighted by atomic mass is 35.5. The third kappa shape index (κ3) is 1.73. The van der Waals surface area contributed by atoms with Gasteiger partial charge in [0.2, 0.25) is 0 Å². The zero-order valence-electron chi connectivity index (χ0n) is 8.48. The fourth-order valence-corrected chi connectivity index (χ4v) is 3.04. The second-order valence-electron chi connectivity index (χ2n) is 3.75. The van der Waals surface area contributed by atoms with Crippen LogP contribution < -0.4 is 4.72 Å². The first-order chi connectivity index (χ1) is 7.84. The lowest BCUT2D eigenvalue weighted by molar-refractivity contribution is 0.816. The predicted octanol–water partition coefficient (Wildman–Crippen LogP) is 4.04. The molecule has 1 unspecified atom stereocenters. The molecule has 80 valence electrons. The van der Waals surface area contributed by atoms with Crippen molar-refractivity contribution in [3.05, 3.63) is 64.7 Å². The van der Waals surface area contributed by atoms with Crippen LogP contribution in [0.2, 0.25) is 5.02 Å². The summed E-state index contributed by atoms with van der Waals surface area (Å²) < 4.78 is 3.42. The van der Waals surface area contributed by atoms with Crippen molar-refractivity contribution in [3.8, 4) is 0 Å². The van der Waals surface area contributed by atoms with Crippen LogP contribution in [0.3, 0.4) is 0 Å². The standard InChI is InChI=1S/C13H10ClNS/c14-10-6-7-12-11(8-10)13(15-16-12)9-4-2-1-3-5-9/h1-8,13,15H. The minimum absolute atomic E-state index is 0.250. The number of hydrogen-bond acceptors (Lipinski definition) is 2. The minimum atomic E-state index is 0.250. The molecular weight excluding hydrogens is 238 g/mol. The molecule has 16 heavy (non-hydrogen) atoms. The number of hydrogen-bond donors (Lipinski definition) is 1. The first-order valence-corrected chi connectivity index (χ1v) is 6.31. The van der Waals surface area contributed by atoms with Gasteiger partial charge in [0, 0.05) is 9.92 Å². The summed E-state index contributed by atoms with van der Waals surface area (Å²) in [4.78, 5) is 1.26. The molecule has 0 fully saturated rings. The van der Waals surface area contributed by atoms with Gasteiger partial charge in [-0.05, 0) is 41.3 Å². The Morgan fingerprint density at radius 2 is 1.88 bits per heavy atom. The van der Waals surface area contributed by atoms with E-state index in [1.54, 1.807) is 11.9 Å². The van der Waals surface area contributed by atoms with Crippen LogP contribution >= 0.6 is 23.5 Å². The van der Waals surface area contributed by atoms with E-state index in [4.69, 9.17) is 11.6 Å². The maximum atomic E-state index is 6.04. The Hall–Kier alpha value is -0.960. The Morgan fingerprint density at radius 3 is 2.69 bits per heavy atom. The molecule has 0 radical (unpaired) electrons. The first kappa shape index (κ1) is 10.2. The van der Waals surface area contributed by atoms with Gasteiger partial charge in [-0.2, -0.15) is 0 Å². The molecule has 1 nitrogen and oxygen atoms in total. The molecule has 1 heterocycles. The summed E-state index contributed by atoms with van der Waals surface area (Å²) in [5.74, 6) is 0. The van der Waals surface area contributed by atoms with Gasteiger partial charge in [0.1, 0.15) is 0 Å². The molecule has 1 aliphatic heterocycles. The van der Waals surface area contributed by atoms with E-state index in [0.717, 1.165) is 5.02 Å². The molecule has 1 aliphatic rings. The Morgan fingerprint density at radius 1 is 1.06 bits per heavy atom. The maximum Gasteiger partial charge on any atom is 0.0686 e. The van der Waals surface area contributed by atoms with Gasteiger partial charge in [0.15, 0.2) is 0 Å². The third-order valence-electron chi connectivity index (χ3n) is 2.70. The van der Waals surface area contributed by atoms with Crippen LogP contribution in [-0.4, -0.2) is 0 Å². The molecule has 0 saturated heterocycles. The van der Waals surface area contributed by atoms with Crippen LogP contribution in [0.25, 0.3) is 0 Å². The van der Waals surface area contributed by atoms with E-state index >= 15 is 0 Å². The molecule has 0 bridgehead atoms. The van der Waals surface area contributed by atoms with Gasteiger partial charge in [-0.1, -0.05) is 41.9 Å². The average molecular weight is 248 g/mol. The Kier molecular flexibility index (Phi) is 2.64. The zero-order valence-corrected chi connectivity index (χ0v) is 10.1. The molecular formula is C13H10ClNS. The van der Waals surface area contributed by atoms with E-state index in [2.05, 4.69) is 35.1 Å². The second kappa shape index (κ2) is 4.13. The van der Waals surface area contributed by atoms with E-state index in [0.29, 0.717) is 0 Å². The second-order valence-corrected chi connectivity index (χ2v) is 5.06. The summed E-state index contributed by atoms with van der Waals surface area (Å²) in [5, 5.41) is 0.795. The Labute approximate surface area is 104 Å². The highest BCUT2D eigenvalue weighted by Crippen LogP contribution is 2.39. The van der Waals surface area contributed by atoms with Gasteiger partial charge in [-0.25, -0.2) is 4.72 Å². The summed E-state index contributed by atoms with van der Waals surface area (Å²) in [6, 6.07) is 16.7. The number of benzene rings is 2. The third-order valence-corrected chi connectivity index (χ3v) is 3.88. The summed E-state index contributed by atoms with van der Waals surface area (Å²) >= 11 is 7.71. The van der Waals surface area contributed by atoms with Crippen LogP contribution in [0.5, 0.6) is 0 Å². The van der Waals surface area contributed by atoms with Gasteiger partial charge in [-0.3, -0.25) is 0 Å². The molecule has 1 N–H and O–H groups in total. The van der Waals surface area contributed by atoms with E-state index in [1.807, 2.05) is 18.2 Å². The normalized spacial score (nSPS) is 18.4. The molecule has 2 aromatic rings. The van der Waals surface area contributed by atoms with Crippen molar-refractivity contribution in [2.24, 2.45) is 0 Å². The SMILES string of the molecule is Clc1ccc2c(c1)C(c1ccccc1)NS2. The van der Waals surface area contributed by atoms with Crippen molar-refractivity contribution in [2.75, 3.05) is 0 Å². The van der Waals surface area contributed by atoms with Gasteiger partial charge in [-0.15, -0.1) is 0 Å². The summed E-state index contributed by atoms with van der Waals surface area (Å²) in [5.41, 5.74) is 2.54. The van der Waals surface area contributed by atoms with Crippen LogP contribution in [0.1, 0.15) is 17.2 Å². The first-order valence-electron chi connectivity index (χ1n) is 5.11. The molecule has 0 aromatic heterocycles. The zero-order chi connectivity index (χ0) is 11.0. The fourth-order valence-electron chi connectivity index (χ4n) is 1.92. The summed E-state index contributed by atoms with van der Waals surface area (Å²) in [7, 11) is 0. The quantitative estimate of drug-likeness (QED) is 0.764. The van der Waals surface area contributed by atoms with Crippen LogP contribution in [-0.2, 0) is 0 Å². The van der Waals surface area contributed by atoms with Crippen molar-refractivity contribution in [2.45, 2.75) is 10.9 Å². The van der Waals surface area contributed by atoms with Crippen LogP contribution in [0.15, 0.2) is 53.4 Å². The van der Waals surface area contributed by atoms with E-state index in [9.17, 15) is 0 Å². The van der Waals surface area contributed by atoms with E-state index in [1.165, 1.54) is 16.0 Å². The lowest BCUT2D eigenvalue weighted by Crippen LogP contribution is -2.08. The minimum Gasteiger partial charge on any atom is -0.248 e. The van der Waals surface area contributed by atoms with Crippen molar-refractivity contribution in [3.63, 3.8) is 0 Å². The predicted molar refractivity (Wildman–Crippen MR) is 68.7 cm³/mol. The molecule has 3 heteroatoms. The number of halogens is 1. The van der Waals surface area contributed by atoms with Crippen LogP contribution in [0.4, 0.5) is 0 Å². The lowest BCUT2D eigenvalue weighted by Gasteiger charge is -2.11. The molecule has 3 rings (SSSR count). The van der Waals surface area contributed by atoms with Crippen LogP contribution in [0, 0.1) is 0 Å². The van der Waals surface area contributed by atoms with Crippen molar-refractivity contribution >= 4 is 23.5 Å². The lowest BCUT2D eigenvalue weighted by atomic mass is 10.00. The van der Waals surface area contributed by atoms with Crippen molar-refractivity contribution in [1.29, 1.82) is 0 Å². The number of fused-ring (bicyclic) bond motifs is 1. The highest BCUT2D eigenvalue weighted by molar-refractivity contribution is 7.97. The molecule has 0 spiro atoms. The largest absolute Gasteiger partial charge is 0.248 e. The monoisotopic (exact) mass is 247 g/mol. The summed E-state index contributed by atoms with van der Waals surface area (Å²) in [6.45, 7) is 0. The van der Waals surface area contributed by atoms with E-state index in [-0.39, 0.29) is 6.04 Å². The number of nitrogens with one attached hydrogen (secondary N) is 1. The van der Waals surface area contributed by atoms with Gasteiger partial charge in [0.25, 0.3) is 0 Å². The highest BCUT2D eigenvalue weighted by Gasteiger charge is 2.24. The Balaban J connectivity index is 2.06. The molecule has 0 saturated carbocycles. The van der Waals surface area contributed by atoms with E-state index < -0.39 is 0 Å². The molecule has 0 amide bonds. The van der Waals surface area contributed by atoms with Gasteiger partial charge >= 0.3 is 0 Å². The molecule has 2 aromatic carbocycles. The Bertz CT molecular complexity index is 513.